The smallest absolute Gasteiger partial charge is 0.338 e. The molecule has 1 atom stereocenters. The van der Waals surface area contributed by atoms with Gasteiger partial charge in [0.05, 0.1) is 17.6 Å². The second-order valence-corrected chi connectivity index (χ2v) is 6.18. The molecule has 0 saturated carbocycles. The van der Waals surface area contributed by atoms with Gasteiger partial charge in [0.2, 0.25) is 0 Å². The number of hydrogen-bond acceptors (Lipinski definition) is 6. The van der Waals surface area contributed by atoms with Gasteiger partial charge in [-0.25, -0.2) is 4.79 Å². The number of carbonyl (C=O) groups is 1. The molecule has 2 aromatic carbocycles. The fourth-order valence-corrected chi connectivity index (χ4v) is 3.06. The summed E-state index contributed by atoms with van der Waals surface area (Å²) in [7, 11) is 1.35. The first-order chi connectivity index (χ1) is 12.6. The molecule has 0 amide bonds. The van der Waals surface area contributed by atoms with Crippen LogP contribution in [-0.2, 0) is 11.3 Å². The molecule has 1 aliphatic rings. The maximum atomic E-state index is 12.3. The van der Waals surface area contributed by atoms with E-state index in [1.807, 2.05) is 18.2 Å². The van der Waals surface area contributed by atoms with Crippen molar-refractivity contribution in [2.24, 2.45) is 0 Å². The van der Waals surface area contributed by atoms with Crippen molar-refractivity contribution in [3.63, 3.8) is 0 Å². The quantitative estimate of drug-likeness (QED) is 0.449. The molecule has 1 aliphatic heterocycles. The fraction of sp³-hybridized carbons (Fsp3) is 0.316. The highest BCUT2D eigenvalue weighted by Gasteiger charge is 2.27. The number of ether oxygens (including phenoxy) is 2. The van der Waals surface area contributed by atoms with Gasteiger partial charge in [-0.3, -0.25) is 15.0 Å². The Balaban J connectivity index is 1.60. The number of methoxy groups -OCH3 is 1. The van der Waals surface area contributed by atoms with E-state index < -0.39 is 10.9 Å². The van der Waals surface area contributed by atoms with Crippen molar-refractivity contribution in [3.8, 4) is 5.75 Å². The first-order valence-corrected chi connectivity index (χ1v) is 8.36. The van der Waals surface area contributed by atoms with Crippen molar-refractivity contribution in [2.45, 2.75) is 19.1 Å². The maximum absolute atomic E-state index is 12.3. The van der Waals surface area contributed by atoms with Crippen molar-refractivity contribution in [3.05, 3.63) is 69.8 Å². The van der Waals surface area contributed by atoms with Crippen molar-refractivity contribution in [1.82, 2.24) is 4.90 Å². The van der Waals surface area contributed by atoms with Crippen molar-refractivity contribution >= 4 is 11.7 Å². The summed E-state index contributed by atoms with van der Waals surface area (Å²) in [5, 5.41) is 11.1. The average molecular weight is 356 g/mol. The lowest BCUT2D eigenvalue weighted by molar-refractivity contribution is -0.385. The molecule has 0 unspecified atom stereocenters. The van der Waals surface area contributed by atoms with Gasteiger partial charge >= 0.3 is 11.7 Å². The lowest BCUT2D eigenvalue weighted by Gasteiger charge is -2.16. The molecule has 1 fully saturated rings. The van der Waals surface area contributed by atoms with Crippen LogP contribution in [0.15, 0.2) is 48.5 Å². The first kappa shape index (κ1) is 17.9. The topological polar surface area (TPSA) is 81.9 Å². The Morgan fingerprint density at radius 2 is 2.04 bits per heavy atom. The van der Waals surface area contributed by atoms with Gasteiger partial charge in [-0.15, -0.1) is 0 Å². The number of nitrogens with zero attached hydrogens (tertiary/aromatic N) is 2. The zero-order chi connectivity index (χ0) is 18.5. The van der Waals surface area contributed by atoms with Crippen molar-refractivity contribution in [1.29, 1.82) is 0 Å². The monoisotopic (exact) mass is 356 g/mol. The Morgan fingerprint density at radius 3 is 2.73 bits per heavy atom. The highest BCUT2D eigenvalue weighted by atomic mass is 16.6. The summed E-state index contributed by atoms with van der Waals surface area (Å²) in [6.07, 6.45) is 0.531. The number of carbonyl (C=O) groups excluding carboxylic acids is 1. The molecule has 0 aliphatic carbocycles. The Morgan fingerprint density at radius 1 is 1.27 bits per heavy atom. The largest absolute Gasteiger partial charge is 0.490 e. The van der Waals surface area contributed by atoms with E-state index in [-0.39, 0.29) is 23.1 Å². The molecule has 1 heterocycles. The molecule has 0 radical (unpaired) electrons. The van der Waals surface area contributed by atoms with Gasteiger partial charge in [0, 0.05) is 25.7 Å². The van der Waals surface area contributed by atoms with Gasteiger partial charge in [-0.05, 0) is 24.1 Å². The van der Waals surface area contributed by atoms with Crippen LogP contribution in [0, 0.1) is 10.1 Å². The number of nitro groups is 1. The Labute approximate surface area is 151 Å². The number of likely N-dealkylation sites (tertiary alicyclic amines) is 1. The highest BCUT2D eigenvalue weighted by Crippen LogP contribution is 2.28. The predicted molar refractivity (Wildman–Crippen MR) is 95.2 cm³/mol. The summed E-state index contributed by atoms with van der Waals surface area (Å²) in [5.74, 6) is -0.441. The molecule has 3 rings (SSSR count). The van der Waals surface area contributed by atoms with Crippen molar-refractivity contribution < 1.29 is 19.2 Å². The summed E-state index contributed by atoms with van der Waals surface area (Å²) in [4.78, 5) is 25.1. The Hall–Kier alpha value is -2.93. The number of rotatable bonds is 6. The van der Waals surface area contributed by atoms with E-state index >= 15 is 0 Å². The van der Waals surface area contributed by atoms with E-state index in [2.05, 4.69) is 17.0 Å². The zero-order valence-electron chi connectivity index (χ0n) is 14.5. The Kier molecular flexibility index (Phi) is 5.48. The minimum Gasteiger partial charge on any atom is -0.490 e. The standard InChI is InChI=1S/C19H20N2O5/c1-25-18-8-7-15(11-17(18)21(23)24)19(22)26-16-9-10-20(13-16)12-14-5-3-2-4-6-14/h2-8,11,16H,9-10,12-13H2,1H3/t16-/m1/s1. The summed E-state index contributed by atoms with van der Waals surface area (Å²) >= 11 is 0. The van der Waals surface area contributed by atoms with Gasteiger partial charge in [-0.2, -0.15) is 0 Å². The molecular weight excluding hydrogens is 336 g/mol. The molecule has 0 bridgehead atoms. The van der Waals surface area contributed by atoms with Crippen LogP contribution in [0.2, 0.25) is 0 Å². The average Bonchev–Trinajstić information content (AvgIpc) is 3.08. The van der Waals surface area contributed by atoms with E-state index in [0.29, 0.717) is 6.54 Å². The minimum absolute atomic E-state index is 0.112. The number of nitro benzene ring substituents is 1. The van der Waals surface area contributed by atoms with E-state index in [1.165, 1.54) is 30.9 Å². The lowest BCUT2D eigenvalue weighted by atomic mass is 10.2. The van der Waals surface area contributed by atoms with E-state index in [9.17, 15) is 14.9 Å². The third-order valence-corrected chi connectivity index (χ3v) is 4.36. The van der Waals surface area contributed by atoms with Crippen LogP contribution in [0.1, 0.15) is 22.3 Å². The summed E-state index contributed by atoms with van der Waals surface area (Å²) in [5.41, 5.74) is 1.11. The van der Waals surface area contributed by atoms with Crippen molar-refractivity contribution in [2.75, 3.05) is 20.2 Å². The van der Waals surface area contributed by atoms with Crippen LogP contribution in [0.4, 0.5) is 5.69 Å². The van der Waals surface area contributed by atoms with Gasteiger partial charge in [0.1, 0.15) is 6.10 Å². The van der Waals surface area contributed by atoms with Gasteiger partial charge in [-0.1, -0.05) is 30.3 Å². The van der Waals surface area contributed by atoms with Crippen LogP contribution in [-0.4, -0.2) is 42.1 Å². The highest BCUT2D eigenvalue weighted by molar-refractivity contribution is 5.90. The van der Waals surface area contributed by atoms with E-state index in [4.69, 9.17) is 9.47 Å². The normalized spacial score (nSPS) is 17.0. The van der Waals surface area contributed by atoms with Crippen LogP contribution in [0.5, 0.6) is 5.75 Å². The molecule has 26 heavy (non-hydrogen) atoms. The molecule has 0 aromatic heterocycles. The van der Waals surface area contributed by atoms with E-state index in [1.54, 1.807) is 0 Å². The van der Waals surface area contributed by atoms with Crippen LogP contribution < -0.4 is 4.74 Å². The molecule has 0 N–H and O–H groups in total. The Bertz CT molecular complexity index is 794. The summed E-state index contributed by atoms with van der Waals surface area (Å²) in [6.45, 7) is 2.30. The minimum atomic E-state index is -0.577. The van der Waals surface area contributed by atoms with Crippen LogP contribution >= 0.6 is 0 Å². The second-order valence-electron chi connectivity index (χ2n) is 6.18. The number of esters is 1. The van der Waals surface area contributed by atoms with Gasteiger partial charge in [0.15, 0.2) is 5.75 Å². The zero-order valence-corrected chi connectivity index (χ0v) is 14.5. The molecule has 0 spiro atoms. The SMILES string of the molecule is COc1ccc(C(=O)O[C@@H]2CCN(Cc3ccccc3)C2)cc1[N+](=O)[O-]. The molecule has 1 saturated heterocycles. The predicted octanol–water partition coefficient (Wildman–Crippen LogP) is 3.03. The third-order valence-electron chi connectivity index (χ3n) is 4.36. The maximum Gasteiger partial charge on any atom is 0.338 e. The van der Waals surface area contributed by atoms with Gasteiger partial charge in [0.25, 0.3) is 0 Å². The van der Waals surface area contributed by atoms with Crippen LogP contribution in [0.3, 0.4) is 0 Å². The molecule has 7 nitrogen and oxygen atoms in total. The number of benzene rings is 2. The third kappa shape index (κ3) is 4.18. The molecule has 7 heteroatoms. The fourth-order valence-electron chi connectivity index (χ4n) is 3.06. The number of hydrogen-bond donors (Lipinski definition) is 0. The van der Waals surface area contributed by atoms with Crippen LogP contribution in [0.25, 0.3) is 0 Å². The first-order valence-electron chi connectivity index (χ1n) is 8.36. The molecule has 136 valence electrons. The van der Waals surface area contributed by atoms with Gasteiger partial charge < -0.3 is 9.47 Å². The lowest BCUT2D eigenvalue weighted by Crippen LogP contribution is -2.24. The summed E-state index contributed by atoms with van der Waals surface area (Å²) < 4.78 is 10.5. The molecule has 2 aromatic rings. The summed E-state index contributed by atoms with van der Waals surface area (Å²) in [6, 6.07) is 14.2. The van der Waals surface area contributed by atoms with E-state index in [0.717, 1.165) is 19.5 Å². The second kappa shape index (κ2) is 7.97. The molecular formula is C19H20N2O5.